The van der Waals surface area contributed by atoms with Crippen LogP contribution in [0.5, 0.6) is 0 Å². The summed E-state index contributed by atoms with van der Waals surface area (Å²) in [4.78, 5) is 0. The van der Waals surface area contributed by atoms with Crippen molar-refractivity contribution in [1.82, 2.24) is 0 Å². The number of hydrogen-bond acceptors (Lipinski definition) is 0. The van der Waals surface area contributed by atoms with Crippen LogP contribution in [0.2, 0.25) is 0 Å². The minimum Gasteiger partial charge on any atom is -0.207 e. The Morgan fingerprint density at radius 3 is 2.04 bits per heavy atom. The van der Waals surface area contributed by atoms with Crippen LogP contribution in [0.4, 0.5) is 0 Å². The van der Waals surface area contributed by atoms with Gasteiger partial charge in [-0.15, -0.1) is 0 Å². The molecule has 1 aromatic heterocycles. The molecule has 0 unspecified atom stereocenters. The Kier molecular flexibility index (Phi) is 3.72. The van der Waals surface area contributed by atoms with Crippen LogP contribution in [0.25, 0.3) is 43.8 Å². The number of rotatable bonds is 2. The Morgan fingerprint density at radius 1 is 0.556 bits per heavy atom. The summed E-state index contributed by atoms with van der Waals surface area (Å²) < 4.78 is 2.11. The van der Waals surface area contributed by atoms with Crippen LogP contribution in [0.15, 0.2) is 103 Å². The quantitative estimate of drug-likeness (QED) is 0.337. The number of fused-ring (bicyclic) bond motifs is 2. The van der Waals surface area contributed by atoms with Crippen LogP contribution in [0.3, 0.4) is 0 Å². The first kappa shape index (κ1) is 15.8. The van der Waals surface area contributed by atoms with Crippen molar-refractivity contribution >= 4 is 21.5 Å². The number of aryl methyl sites for hydroxylation is 1. The van der Waals surface area contributed by atoms with E-state index in [0.717, 1.165) is 0 Å². The van der Waals surface area contributed by atoms with E-state index in [2.05, 4.69) is 115 Å². The largest absolute Gasteiger partial charge is 0.207 e. The molecule has 4 aromatic carbocycles. The SMILES string of the molecule is C[n+]1cccc(-c2cccc3cccc(-c4cccc5ccccc45)c23)c1. The van der Waals surface area contributed by atoms with E-state index >= 15 is 0 Å². The van der Waals surface area contributed by atoms with Crippen LogP contribution in [0, 0.1) is 0 Å². The summed E-state index contributed by atoms with van der Waals surface area (Å²) in [6, 6.07) is 32.7. The molecule has 128 valence electrons. The van der Waals surface area contributed by atoms with Crippen molar-refractivity contribution in [2.24, 2.45) is 7.05 Å². The predicted molar refractivity (Wildman–Crippen MR) is 114 cm³/mol. The van der Waals surface area contributed by atoms with Crippen molar-refractivity contribution in [3.63, 3.8) is 0 Å². The van der Waals surface area contributed by atoms with Gasteiger partial charge in [-0.3, -0.25) is 0 Å². The third-order valence-corrected chi connectivity index (χ3v) is 5.24. The van der Waals surface area contributed by atoms with E-state index in [9.17, 15) is 0 Å². The molecule has 0 fully saturated rings. The smallest absolute Gasteiger partial charge is 0.176 e. The third kappa shape index (κ3) is 2.69. The molecule has 0 bridgehead atoms. The Bertz CT molecular complexity index is 1270. The second kappa shape index (κ2) is 6.37. The number of hydrogen-bond donors (Lipinski definition) is 0. The first-order valence-electron chi connectivity index (χ1n) is 9.27. The van der Waals surface area contributed by atoms with E-state index in [4.69, 9.17) is 0 Å². The number of pyridine rings is 1. The molecule has 1 heterocycles. The molecule has 5 aromatic rings. The van der Waals surface area contributed by atoms with Gasteiger partial charge in [0.05, 0.1) is 0 Å². The molecular weight excluding hydrogens is 326 g/mol. The molecule has 0 atom stereocenters. The molecule has 0 saturated heterocycles. The van der Waals surface area contributed by atoms with E-state index in [1.807, 2.05) is 0 Å². The molecule has 0 N–H and O–H groups in total. The number of benzene rings is 4. The summed E-state index contributed by atoms with van der Waals surface area (Å²) in [6.07, 6.45) is 4.26. The first-order valence-corrected chi connectivity index (χ1v) is 9.27. The Labute approximate surface area is 159 Å². The van der Waals surface area contributed by atoms with Crippen LogP contribution >= 0.6 is 0 Å². The Hall–Kier alpha value is -3.45. The minimum absolute atomic E-state index is 1.23. The Balaban J connectivity index is 1.89. The van der Waals surface area contributed by atoms with Gasteiger partial charge < -0.3 is 0 Å². The molecule has 1 heteroatoms. The Morgan fingerprint density at radius 2 is 1.22 bits per heavy atom. The fourth-order valence-corrected chi connectivity index (χ4v) is 4.01. The van der Waals surface area contributed by atoms with Crippen molar-refractivity contribution in [2.45, 2.75) is 0 Å². The molecule has 1 nitrogen and oxygen atoms in total. The van der Waals surface area contributed by atoms with E-state index < -0.39 is 0 Å². The monoisotopic (exact) mass is 346 g/mol. The van der Waals surface area contributed by atoms with Gasteiger partial charge in [0.2, 0.25) is 0 Å². The highest BCUT2D eigenvalue weighted by Gasteiger charge is 2.13. The van der Waals surface area contributed by atoms with Gasteiger partial charge in [-0.25, -0.2) is 4.57 Å². The second-order valence-corrected chi connectivity index (χ2v) is 6.99. The van der Waals surface area contributed by atoms with E-state index in [1.165, 1.54) is 43.8 Å². The van der Waals surface area contributed by atoms with Crippen LogP contribution in [-0.2, 0) is 7.05 Å². The van der Waals surface area contributed by atoms with Crippen molar-refractivity contribution in [2.75, 3.05) is 0 Å². The molecule has 0 aliphatic heterocycles. The minimum atomic E-state index is 1.23. The van der Waals surface area contributed by atoms with Crippen molar-refractivity contribution in [3.8, 4) is 22.3 Å². The molecule has 0 spiro atoms. The standard InChI is InChI=1S/C26H20N/c1-27-17-7-12-21(18-27)23-14-5-10-20-11-6-16-25(26(20)23)24-15-4-9-19-8-2-3-13-22(19)24/h2-18H,1H3/q+1. The van der Waals surface area contributed by atoms with Crippen LogP contribution in [-0.4, -0.2) is 0 Å². The third-order valence-electron chi connectivity index (χ3n) is 5.24. The highest BCUT2D eigenvalue weighted by molar-refractivity contribution is 6.10. The molecule has 0 radical (unpaired) electrons. The first-order chi connectivity index (χ1) is 13.3. The summed E-state index contributed by atoms with van der Waals surface area (Å²) in [5, 5.41) is 5.14. The molecule has 5 rings (SSSR count). The highest BCUT2D eigenvalue weighted by Crippen LogP contribution is 2.38. The summed E-state index contributed by atoms with van der Waals surface area (Å²) in [5.41, 5.74) is 5.07. The van der Waals surface area contributed by atoms with Gasteiger partial charge in [0.1, 0.15) is 7.05 Å². The maximum atomic E-state index is 2.25. The lowest BCUT2D eigenvalue weighted by molar-refractivity contribution is -0.671. The van der Waals surface area contributed by atoms with Gasteiger partial charge in [0.25, 0.3) is 0 Å². The van der Waals surface area contributed by atoms with E-state index in [-0.39, 0.29) is 0 Å². The predicted octanol–water partition coefficient (Wildman–Crippen LogP) is 6.15. The summed E-state index contributed by atoms with van der Waals surface area (Å²) in [5.74, 6) is 0. The molecule has 0 saturated carbocycles. The lowest BCUT2D eigenvalue weighted by Gasteiger charge is -2.14. The molecule has 0 aliphatic carbocycles. The average Bonchev–Trinajstić information content (AvgIpc) is 2.72. The molecule has 27 heavy (non-hydrogen) atoms. The summed E-state index contributed by atoms with van der Waals surface area (Å²) in [7, 11) is 2.07. The van der Waals surface area contributed by atoms with E-state index in [1.54, 1.807) is 0 Å². The van der Waals surface area contributed by atoms with Gasteiger partial charge in [0, 0.05) is 11.6 Å². The van der Waals surface area contributed by atoms with Crippen molar-refractivity contribution in [3.05, 3.63) is 103 Å². The van der Waals surface area contributed by atoms with Crippen LogP contribution < -0.4 is 4.57 Å². The normalized spacial score (nSPS) is 11.1. The number of aromatic nitrogens is 1. The average molecular weight is 346 g/mol. The lowest BCUT2D eigenvalue weighted by atomic mass is 9.90. The molecule has 0 aliphatic rings. The fourth-order valence-electron chi connectivity index (χ4n) is 4.01. The second-order valence-electron chi connectivity index (χ2n) is 6.99. The van der Waals surface area contributed by atoms with Crippen LogP contribution in [0.1, 0.15) is 0 Å². The maximum Gasteiger partial charge on any atom is 0.176 e. The number of nitrogens with zero attached hydrogens (tertiary/aromatic N) is 1. The fraction of sp³-hybridized carbons (Fsp3) is 0.0385. The zero-order chi connectivity index (χ0) is 18.2. The van der Waals surface area contributed by atoms with Gasteiger partial charge in [-0.1, -0.05) is 78.9 Å². The van der Waals surface area contributed by atoms with Gasteiger partial charge >= 0.3 is 0 Å². The van der Waals surface area contributed by atoms with Gasteiger partial charge in [-0.2, -0.15) is 0 Å². The van der Waals surface area contributed by atoms with E-state index in [0.29, 0.717) is 0 Å². The molecular formula is C26H20N+. The zero-order valence-electron chi connectivity index (χ0n) is 15.3. The van der Waals surface area contributed by atoms with Gasteiger partial charge in [-0.05, 0) is 44.3 Å². The van der Waals surface area contributed by atoms with Crippen molar-refractivity contribution < 1.29 is 4.57 Å². The molecule has 0 amide bonds. The zero-order valence-corrected chi connectivity index (χ0v) is 15.3. The summed E-state index contributed by atoms with van der Waals surface area (Å²) >= 11 is 0. The maximum absolute atomic E-state index is 2.25. The topological polar surface area (TPSA) is 3.88 Å². The highest BCUT2D eigenvalue weighted by atomic mass is 14.9. The summed E-state index contributed by atoms with van der Waals surface area (Å²) in [6.45, 7) is 0. The van der Waals surface area contributed by atoms with Gasteiger partial charge in [0.15, 0.2) is 12.4 Å². The van der Waals surface area contributed by atoms with Crippen molar-refractivity contribution in [1.29, 1.82) is 0 Å². The lowest BCUT2D eigenvalue weighted by Crippen LogP contribution is -2.26.